The largest absolute Gasteiger partial charge is 0.507 e. The Kier molecular flexibility index (Phi) is 8.87. The van der Waals surface area contributed by atoms with Gasteiger partial charge >= 0.3 is 0 Å². The second kappa shape index (κ2) is 10.7. The second-order valence-electron chi connectivity index (χ2n) is 5.22. The lowest BCUT2D eigenvalue weighted by atomic mass is 10.1. The summed E-state index contributed by atoms with van der Waals surface area (Å²) in [4.78, 5) is 0. The van der Waals surface area contributed by atoms with E-state index in [1.807, 2.05) is 24.3 Å². The average molecular weight is 260 g/mol. The van der Waals surface area contributed by atoms with E-state index >= 15 is 0 Å². The fourth-order valence-corrected chi connectivity index (χ4v) is 2.23. The van der Waals surface area contributed by atoms with Gasteiger partial charge in [0.15, 0.2) is 0 Å². The summed E-state index contributed by atoms with van der Waals surface area (Å²) in [5.41, 5.74) is 0.919. The summed E-state index contributed by atoms with van der Waals surface area (Å²) in [5.74, 6) is 0.370. The van der Waals surface area contributed by atoms with Crippen molar-refractivity contribution in [3.63, 3.8) is 0 Å². The third-order valence-corrected chi connectivity index (χ3v) is 3.46. The summed E-state index contributed by atoms with van der Waals surface area (Å²) in [7, 11) is 0. The van der Waals surface area contributed by atoms with Crippen LogP contribution in [0.1, 0.15) is 70.3 Å². The molecule has 0 aliphatic heterocycles. The van der Waals surface area contributed by atoms with Crippen LogP contribution in [0, 0.1) is 0 Å². The molecular formula is C18H28O. The first-order valence-electron chi connectivity index (χ1n) is 7.79. The normalized spacial score (nSPS) is 11.2. The van der Waals surface area contributed by atoms with Crippen molar-refractivity contribution in [2.75, 3.05) is 0 Å². The summed E-state index contributed by atoms with van der Waals surface area (Å²) in [6.45, 7) is 2.26. The Morgan fingerprint density at radius 2 is 1.53 bits per heavy atom. The minimum atomic E-state index is 0.370. The van der Waals surface area contributed by atoms with Crippen LogP contribution in [0.5, 0.6) is 5.75 Å². The maximum absolute atomic E-state index is 9.60. The van der Waals surface area contributed by atoms with Gasteiger partial charge in [-0.25, -0.2) is 0 Å². The van der Waals surface area contributed by atoms with Gasteiger partial charge in [-0.2, -0.15) is 0 Å². The Hall–Kier alpha value is -1.24. The van der Waals surface area contributed by atoms with Gasteiger partial charge in [0, 0.05) is 5.56 Å². The first kappa shape index (κ1) is 15.8. The number of allylic oxidation sites excluding steroid dienone is 1. The van der Waals surface area contributed by atoms with Gasteiger partial charge in [0.1, 0.15) is 5.75 Å². The maximum atomic E-state index is 9.60. The first-order valence-corrected chi connectivity index (χ1v) is 7.79. The molecule has 1 aromatic carbocycles. The fourth-order valence-electron chi connectivity index (χ4n) is 2.23. The van der Waals surface area contributed by atoms with E-state index in [0.29, 0.717) is 5.75 Å². The lowest BCUT2D eigenvalue weighted by Crippen LogP contribution is -1.80. The van der Waals surface area contributed by atoms with Crippen LogP contribution in [0.3, 0.4) is 0 Å². The van der Waals surface area contributed by atoms with Crippen molar-refractivity contribution in [2.24, 2.45) is 0 Å². The molecule has 0 aliphatic rings. The molecule has 0 aliphatic carbocycles. The Morgan fingerprint density at radius 1 is 0.895 bits per heavy atom. The van der Waals surface area contributed by atoms with Crippen LogP contribution in [-0.4, -0.2) is 5.11 Å². The molecule has 1 heteroatoms. The van der Waals surface area contributed by atoms with Crippen molar-refractivity contribution in [3.05, 3.63) is 35.9 Å². The van der Waals surface area contributed by atoms with Crippen LogP contribution < -0.4 is 0 Å². The molecule has 1 aromatic rings. The average Bonchev–Trinajstić information content (AvgIpc) is 2.43. The van der Waals surface area contributed by atoms with Crippen LogP contribution in [-0.2, 0) is 0 Å². The zero-order valence-corrected chi connectivity index (χ0v) is 12.3. The van der Waals surface area contributed by atoms with Crippen LogP contribution in [0.2, 0.25) is 0 Å². The molecule has 1 N–H and O–H groups in total. The molecular weight excluding hydrogens is 232 g/mol. The van der Waals surface area contributed by atoms with Gasteiger partial charge in [-0.3, -0.25) is 0 Å². The Bertz CT molecular complexity index is 354. The van der Waals surface area contributed by atoms with E-state index in [2.05, 4.69) is 13.0 Å². The molecule has 0 spiro atoms. The fraction of sp³-hybridized carbons (Fsp3) is 0.556. The third-order valence-electron chi connectivity index (χ3n) is 3.46. The summed E-state index contributed by atoms with van der Waals surface area (Å²) in [6, 6.07) is 7.48. The lowest BCUT2D eigenvalue weighted by molar-refractivity contribution is 0.474. The molecule has 0 saturated heterocycles. The van der Waals surface area contributed by atoms with E-state index in [0.717, 1.165) is 12.0 Å². The molecule has 0 bridgehead atoms. The van der Waals surface area contributed by atoms with Crippen molar-refractivity contribution in [3.8, 4) is 5.75 Å². The van der Waals surface area contributed by atoms with E-state index in [1.54, 1.807) is 6.07 Å². The van der Waals surface area contributed by atoms with Crippen molar-refractivity contribution >= 4 is 6.08 Å². The Labute approximate surface area is 118 Å². The number of phenolic OH excluding ortho intramolecular Hbond substituents is 1. The molecule has 1 nitrogen and oxygen atoms in total. The van der Waals surface area contributed by atoms with Crippen LogP contribution >= 0.6 is 0 Å². The van der Waals surface area contributed by atoms with Gasteiger partial charge in [0.2, 0.25) is 0 Å². The second-order valence-corrected chi connectivity index (χ2v) is 5.22. The van der Waals surface area contributed by atoms with Crippen LogP contribution in [0.15, 0.2) is 30.3 Å². The highest BCUT2D eigenvalue weighted by Crippen LogP contribution is 2.17. The van der Waals surface area contributed by atoms with Crippen molar-refractivity contribution in [1.29, 1.82) is 0 Å². The SMILES string of the molecule is CCCCCCCCCCC=Cc1ccccc1O. The first-order chi connectivity index (χ1) is 9.34. The predicted octanol–water partition coefficient (Wildman–Crippen LogP) is 5.94. The highest BCUT2D eigenvalue weighted by atomic mass is 16.3. The third kappa shape index (κ3) is 7.71. The van der Waals surface area contributed by atoms with Gasteiger partial charge in [-0.05, 0) is 18.9 Å². The van der Waals surface area contributed by atoms with E-state index in [9.17, 15) is 5.11 Å². The standard InChI is InChI=1S/C18H28O/c1-2-3-4-5-6-7-8-9-10-11-14-17-15-12-13-16-18(17)19/h11-16,19H,2-10H2,1H3. The highest BCUT2D eigenvalue weighted by molar-refractivity contribution is 5.56. The smallest absolute Gasteiger partial charge is 0.122 e. The monoisotopic (exact) mass is 260 g/mol. The summed E-state index contributed by atoms with van der Waals surface area (Å²) in [6.07, 6.45) is 16.2. The quantitative estimate of drug-likeness (QED) is 0.516. The van der Waals surface area contributed by atoms with Crippen molar-refractivity contribution in [1.82, 2.24) is 0 Å². The Morgan fingerprint density at radius 3 is 2.21 bits per heavy atom. The van der Waals surface area contributed by atoms with E-state index < -0.39 is 0 Å². The minimum absolute atomic E-state index is 0.370. The van der Waals surface area contributed by atoms with E-state index in [-0.39, 0.29) is 0 Å². The van der Waals surface area contributed by atoms with Crippen molar-refractivity contribution < 1.29 is 5.11 Å². The molecule has 0 heterocycles. The lowest BCUT2D eigenvalue weighted by Gasteiger charge is -2.00. The molecule has 0 atom stereocenters. The highest BCUT2D eigenvalue weighted by Gasteiger charge is 1.93. The van der Waals surface area contributed by atoms with E-state index in [1.165, 1.54) is 51.4 Å². The van der Waals surface area contributed by atoms with E-state index in [4.69, 9.17) is 0 Å². The van der Waals surface area contributed by atoms with Crippen LogP contribution in [0.25, 0.3) is 6.08 Å². The number of aromatic hydroxyl groups is 1. The molecule has 1 rings (SSSR count). The zero-order chi connectivity index (χ0) is 13.8. The zero-order valence-electron chi connectivity index (χ0n) is 12.3. The number of phenols is 1. The Balaban J connectivity index is 2.00. The number of benzene rings is 1. The summed E-state index contributed by atoms with van der Waals surface area (Å²) in [5, 5.41) is 9.60. The summed E-state index contributed by atoms with van der Waals surface area (Å²) < 4.78 is 0. The number of rotatable bonds is 10. The molecule has 106 valence electrons. The number of hydrogen-bond acceptors (Lipinski definition) is 1. The van der Waals surface area contributed by atoms with Crippen molar-refractivity contribution in [2.45, 2.75) is 64.7 Å². The van der Waals surface area contributed by atoms with Gasteiger partial charge in [0.25, 0.3) is 0 Å². The molecule has 0 fully saturated rings. The maximum Gasteiger partial charge on any atom is 0.122 e. The molecule has 0 saturated carbocycles. The molecule has 0 aromatic heterocycles. The minimum Gasteiger partial charge on any atom is -0.507 e. The van der Waals surface area contributed by atoms with Gasteiger partial charge in [0.05, 0.1) is 0 Å². The molecule has 0 radical (unpaired) electrons. The topological polar surface area (TPSA) is 20.2 Å². The van der Waals surface area contributed by atoms with Gasteiger partial charge in [-0.1, -0.05) is 82.2 Å². The van der Waals surface area contributed by atoms with Gasteiger partial charge < -0.3 is 5.11 Å². The summed E-state index contributed by atoms with van der Waals surface area (Å²) >= 11 is 0. The molecule has 19 heavy (non-hydrogen) atoms. The van der Waals surface area contributed by atoms with Crippen LogP contribution in [0.4, 0.5) is 0 Å². The van der Waals surface area contributed by atoms with Gasteiger partial charge in [-0.15, -0.1) is 0 Å². The number of para-hydroxylation sites is 1. The number of unbranched alkanes of at least 4 members (excludes halogenated alkanes) is 8. The molecule has 0 amide bonds. The predicted molar refractivity (Wildman–Crippen MR) is 84.4 cm³/mol. The molecule has 0 unspecified atom stereocenters. The number of hydrogen-bond donors (Lipinski definition) is 1.